The van der Waals surface area contributed by atoms with Crippen LogP contribution in [0, 0.1) is 5.92 Å². The first-order valence-electron chi connectivity index (χ1n) is 11.8. The van der Waals surface area contributed by atoms with E-state index in [1.165, 1.54) is 16.0 Å². The van der Waals surface area contributed by atoms with Crippen LogP contribution in [0.2, 0.25) is 0 Å². The second kappa shape index (κ2) is 8.63. The number of piperazine rings is 1. The number of nitrogens with zero attached hydrogens (tertiary/aromatic N) is 5. The highest BCUT2D eigenvalue weighted by Gasteiger charge is 2.32. The number of likely N-dealkylation sites (N-methyl/N-ethyl adjacent to an activating group) is 1. The van der Waals surface area contributed by atoms with Gasteiger partial charge in [-0.05, 0) is 55.1 Å². The molecule has 9 heteroatoms. The number of aryl methyl sites for hydroxylation is 1. The van der Waals surface area contributed by atoms with Crippen molar-refractivity contribution in [2.45, 2.75) is 25.8 Å². The van der Waals surface area contributed by atoms with Crippen molar-refractivity contribution in [1.29, 1.82) is 0 Å². The number of thiophene rings is 1. The lowest BCUT2D eigenvalue weighted by molar-refractivity contribution is -0.137. The minimum absolute atomic E-state index is 0.0597. The number of ether oxygens (including phenoxy) is 1. The first-order valence-corrected chi connectivity index (χ1v) is 12.6. The molecule has 1 saturated heterocycles. The van der Waals surface area contributed by atoms with Crippen molar-refractivity contribution in [2.75, 3.05) is 45.7 Å². The number of rotatable bonds is 4. The molecule has 1 aliphatic carbocycles. The zero-order valence-electron chi connectivity index (χ0n) is 19.5. The molecule has 3 aromatic rings. The fraction of sp³-hybridized carbons (Fsp3) is 0.440. The Kier molecular flexibility index (Phi) is 5.45. The van der Waals surface area contributed by atoms with E-state index in [1.807, 2.05) is 12.3 Å². The lowest BCUT2D eigenvalue weighted by atomic mass is 9.86. The molecule has 2 aliphatic heterocycles. The Labute approximate surface area is 202 Å². The van der Waals surface area contributed by atoms with Crippen LogP contribution in [-0.4, -0.2) is 72.2 Å². The number of nitrogens with one attached hydrogen (secondary N) is 1. The molecule has 4 heterocycles. The molecule has 0 radical (unpaired) electrons. The fourth-order valence-electron chi connectivity index (χ4n) is 5.23. The highest BCUT2D eigenvalue weighted by atomic mass is 32.1. The van der Waals surface area contributed by atoms with Crippen molar-refractivity contribution in [2.24, 2.45) is 10.9 Å². The summed E-state index contributed by atoms with van der Waals surface area (Å²) in [5.41, 5.74) is 4.42. The molecule has 1 fully saturated rings. The molecule has 6 rings (SSSR count). The van der Waals surface area contributed by atoms with E-state index < -0.39 is 0 Å². The van der Waals surface area contributed by atoms with Gasteiger partial charge in [0, 0.05) is 43.2 Å². The highest BCUT2D eigenvalue weighted by Crippen LogP contribution is 2.42. The van der Waals surface area contributed by atoms with E-state index in [0.29, 0.717) is 12.5 Å². The first-order chi connectivity index (χ1) is 16.6. The number of amides is 1. The van der Waals surface area contributed by atoms with Gasteiger partial charge in [0.1, 0.15) is 22.7 Å². The van der Waals surface area contributed by atoms with Crippen molar-refractivity contribution in [3.8, 4) is 5.75 Å². The Hall–Kier alpha value is -3.04. The largest absolute Gasteiger partial charge is 0.495 e. The standard InChI is InChI=1S/C25H28N6O2S/c1-30-5-7-31(8-6-30)25(32)15-3-4-18-21(11-15)34-24-22(18)23(27-14-28-24)29-19-9-16-12-26-13-17(16)10-20(19)33-2/h9-10,12,14-15H,3-8,11,13H2,1-2H3,(H,27,28,29)/t15-/m0/s1. The van der Waals surface area contributed by atoms with Gasteiger partial charge >= 0.3 is 0 Å². The van der Waals surface area contributed by atoms with Gasteiger partial charge in [0.05, 0.1) is 24.7 Å². The van der Waals surface area contributed by atoms with Crippen LogP contribution in [0.1, 0.15) is 28.0 Å². The number of benzene rings is 1. The Morgan fingerprint density at radius 1 is 1.21 bits per heavy atom. The SMILES string of the molecule is COc1cc2c(cc1Nc1ncnc3sc4c(c13)CC[C@H](C(=O)N1CCN(C)CC1)C4)C=NC2. The van der Waals surface area contributed by atoms with Gasteiger partial charge in [-0.15, -0.1) is 11.3 Å². The van der Waals surface area contributed by atoms with E-state index in [2.05, 4.69) is 43.2 Å². The van der Waals surface area contributed by atoms with Gasteiger partial charge in [0.15, 0.2) is 0 Å². The number of fused-ring (bicyclic) bond motifs is 4. The zero-order chi connectivity index (χ0) is 23.2. The lowest BCUT2D eigenvalue weighted by Gasteiger charge is -2.35. The molecule has 0 unspecified atom stereocenters. The Morgan fingerprint density at radius 2 is 2.06 bits per heavy atom. The quantitative estimate of drug-likeness (QED) is 0.623. The second-order valence-corrected chi connectivity index (χ2v) is 10.4. The number of aromatic nitrogens is 2. The predicted molar refractivity (Wildman–Crippen MR) is 135 cm³/mol. The molecule has 34 heavy (non-hydrogen) atoms. The molecular weight excluding hydrogens is 448 g/mol. The van der Waals surface area contributed by atoms with E-state index in [1.54, 1.807) is 24.8 Å². The predicted octanol–water partition coefficient (Wildman–Crippen LogP) is 3.25. The number of aliphatic imine (C=N–C) groups is 1. The molecule has 3 aliphatic rings. The third kappa shape index (κ3) is 3.73. The summed E-state index contributed by atoms with van der Waals surface area (Å²) in [6.45, 7) is 4.26. The normalized spacial score (nSPS) is 19.8. The smallest absolute Gasteiger partial charge is 0.226 e. The van der Waals surface area contributed by atoms with Crippen molar-refractivity contribution in [3.63, 3.8) is 0 Å². The maximum atomic E-state index is 13.2. The molecule has 1 amide bonds. The van der Waals surface area contributed by atoms with Crippen molar-refractivity contribution < 1.29 is 9.53 Å². The molecule has 2 aromatic heterocycles. The molecule has 8 nitrogen and oxygen atoms in total. The van der Waals surface area contributed by atoms with E-state index in [0.717, 1.165) is 78.5 Å². The zero-order valence-corrected chi connectivity index (χ0v) is 20.3. The van der Waals surface area contributed by atoms with E-state index >= 15 is 0 Å². The maximum absolute atomic E-state index is 13.2. The summed E-state index contributed by atoms with van der Waals surface area (Å²) < 4.78 is 5.65. The number of carbonyl (C=O) groups is 1. The summed E-state index contributed by atoms with van der Waals surface area (Å²) in [5.74, 6) is 1.94. The number of hydrogen-bond acceptors (Lipinski definition) is 8. The average molecular weight is 477 g/mol. The summed E-state index contributed by atoms with van der Waals surface area (Å²) in [4.78, 5) is 33.3. The summed E-state index contributed by atoms with van der Waals surface area (Å²) in [7, 11) is 3.80. The van der Waals surface area contributed by atoms with E-state index in [-0.39, 0.29) is 5.92 Å². The summed E-state index contributed by atoms with van der Waals surface area (Å²) in [5, 5.41) is 4.58. The third-order valence-electron chi connectivity index (χ3n) is 7.22. The van der Waals surface area contributed by atoms with Gasteiger partial charge in [-0.3, -0.25) is 9.79 Å². The van der Waals surface area contributed by atoms with Crippen LogP contribution in [0.25, 0.3) is 10.2 Å². The number of methoxy groups -OCH3 is 1. The van der Waals surface area contributed by atoms with Crippen LogP contribution >= 0.6 is 11.3 Å². The number of carbonyl (C=O) groups excluding carboxylic acids is 1. The van der Waals surface area contributed by atoms with Crippen LogP contribution in [0.4, 0.5) is 11.5 Å². The number of anilines is 2. The van der Waals surface area contributed by atoms with Gasteiger partial charge in [0.25, 0.3) is 0 Å². The van der Waals surface area contributed by atoms with Crippen LogP contribution in [0.15, 0.2) is 23.5 Å². The Bertz CT molecular complexity index is 1290. The Morgan fingerprint density at radius 3 is 2.88 bits per heavy atom. The average Bonchev–Trinajstić information content (AvgIpc) is 3.47. The lowest BCUT2D eigenvalue weighted by Crippen LogP contribution is -2.49. The number of hydrogen-bond donors (Lipinski definition) is 1. The van der Waals surface area contributed by atoms with Crippen molar-refractivity contribution >= 4 is 45.2 Å². The molecule has 1 atom stereocenters. The second-order valence-electron chi connectivity index (χ2n) is 9.32. The highest BCUT2D eigenvalue weighted by molar-refractivity contribution is 7.19. The topological polar surface area (TPSA) is 82.9 Å². The molecule has 0 spiro atoms. The van der Waals surface area contributed by atoms with Gasteiger partial charge < -0.3 is 19.9 Å². The molecule has 1 aromatic carbocycles. The monoisotopic (exact) mass is 476 g/mol. The van der Waals surface area contributed by atoms with Gasteiger partial charge in [-0.2, -0.15) is 0 Å². The van der Waals surface area contributed by atoms with Crippen LogP contribution in [0.5, 0.6) is 5.75 Å². The van der Waals surface area contributed by atoms with Crippen LogP contribution in [-0.2, 0) is 24.2 Å². The molecule has 0 saturated carbocycles. The Balaban J connectivity index is 1.29. The van der Waals surface area contributed by atoms with Crippen molar-refractivity contribution in [3.05, 3.63) is 40.0 Å². The minimum atomic E-state index is 0.0597. The van der Waals surface area contributed by atoms with Gasteiger partial charge in [-0.1, -0.05) is 0 Å². The molecular formula is C25H28N6O2S. The van der Waals surface area contributed by atoms with Crippen LogP contribution in [0.3, 0.4) is 0 Å². The van der Waals surface area contributed by atoms with Gasteiger partial charge in [-0.25, -0.2) is 9.97 Å². The minimum Gasteiger partial charge on any atom is -0.495 e. The summed E-state index contributed by atoms with van der Waals surface area (Å²) in [6, 6.07) is 4.11. The third-order valence-corrected chi connectivity index (χ3v) is 8.38. The maximum Gasteiger partial charge on any atom is 0.226 e. The van der Waals surface area contributed by atoms with Crippen molar-refractivity contribution in [1.82, 2.24) is 19.8 Å². The summed E-state index contributed by atoms with van der Waals surface area (Å²) >= 11 is 1.70. The fourth-order valence-corrected chi connectivity index (χ4v) is 6.50. The van der Waals surface area contributed by atoms with Gasteiger partial charge in [0.2, 0.25) is 5.91 Å². The first kappa shape index (κ1) is 21.5. The molecule has 1 N–H and O–H groups in total. The molecule has 176 valence electrons. The van der Waals surface area contributed by atoms with Crippen LogP contribution < -0.4 is 10.1 Å². The van der Waals surface area contributed by atoms with E-state index in [9.17, 15) is 4.79 Å². The summed E-state index contributed by atoms with van der Waals surface area (Å²) in [6.07, 6.45) is 6.05. The van der Waals surface area contributed by atoms with E-state index in [4.69, 9.17) is 4.74 Å². The molecule has 0 bridgehead atoms.